The molecule has 3 rings (SSSR count). The highest BCUT2D eigenvalue weighted by atomic mass is 16.4. The van der Waals surface area contributed by atoms with Crippen LogP contribution in [0.3, 0.4) is 0 Å². The van der Waals surface area contributed by atoms with E-state index in [1.165, 1.54) is 0 Å². The van der Waals surface area contributed by atoms with Crippen LogP contribution in [0.1, 0.15) is 29.0 Å². The molecule has 3 heterocycles. The molecule has 2 saturated heterocycles. The van der Waals surface area contributed by atoms with Crippen molar-refractivity contribution in [3.63, 3.8) is 0 Å². The predicted molar refractivity (Wildman–Crippen MR) is 50.7 cm³/mol. The maximum absolute atomic E-state index is 11.0. The van der Waals surface area contributed by atoms with Gasteiger partial charge in [-0.05, 0) is 25.9 Å². The smallest absolute Gasteiger partial charge is 0.358 e. The molecule has 2 aliphatic rings. The van der Waals surface area contributed by atoms with Gasteiger partial charge in [-0.25, -0.2) is 4.79 Å². The first-order chi connectivity index (χ1) is 7.21. The SMILES string of the molecule is O=C(O)c1n[nH]nc1C12CCN(CC1)C2. The Morgan fingerprint density at radius 3 is 2.67 bits per heavy atom. The third kappa shape index (κ3) is 1.11. The number of nitrogens with zero attached hydrogens (tertiary/aromatic N) is 3. The van der Waals surface area contributed by atoms with Crippen LogP contribution < -0.4 is 0 Å². The Hall–Kier alpha value is -1.43. The van der Waals surface area contributed by atoms with E-state index in [4.69, 9.17) is 5.11 Å². The first kappa shape index (κ1) is 8.84. The molecule has 0 amide bonds. The molecule has 0 aromatic carbocycles. The summed E-state index contributed by atoms with van der Waals surface area (Å²) in [4.78, 5) is 13.3. The Kier molecular flexibility index (Phi) is 1.64. The average Bonchev–Trinajstić information content (AvgIpc) is 2.93. The van der Waals surface area contributed by atoms with Gasteiger partial charge in [0.1, 0.15) is 5.69 Å². The van der Waals surface area contributed by atoms with Crippen molar-refractivity contribution in [2.24, 2.45) is 0 Å². The van der Waals surface area contributed by atoms with E-state index in [1.54, 1.807) is 0 Å². The van der Waals surface area contributed by atoms with Crippen LogP contribution in [0.25, 0.3) is 0 Å². The number of piperidine rings is 1. The zero-order chi connectivity index (χ0) is 10.5. The van der Waals surface area contributed by atoms with E-state index in [1.807, 2.05) is 0 Å². The van der Waals surface area contributed by atoms with Crippen LogP contribution in [0.15, 0.2) is 0 Å². The van der Waals surface area contributed by atoms with Gasteiger partial charge >= 0.3 is 5.97 Å². The van der Waals surface area contributed by atoms with Gasteiger partial charge in [0.15, 0.2) is 5.69 Å². The molecule has 0 aliphatic carbocycles. The molecule has 80 valence electrons. The van der Waals surface area contributed by atoms with Crippen LogP contribution in [0, 0.1) is 0 Å². The number of hydrogen-bond acceptors (Lipinski definition) is 4. The summed E-state index contributed by atoms with van der Waals surface area (Å²) >= 11 is 0. The first-order valence-corrected chi connectivity index (χ1v) is 5.08. The third-order valence-electron chi connectivity index (χ3n) is 3.59. The number of nitrogens with one attached hydrogen (secondary N) is 1. The van der Waals surface area contributed by atoms with Gasteiger partial charge in [-0.2, -0.15) is 10.3 Å². The van der Waals surface area contributed by atoms with Gasteiger partial charge in [-0.15, -0.1) is 5.10 Å². The van der Waals surface area contributed by atoms with Gasteiger partial charge in [0.05, 0.1) is 0 Å². The molecule has 2 bridgehead atoms. The van der Waals surface area contributed by atoms with E-state index in [-0.39, 0.29) is 11.1 Å². The molecular formula is C9H12N4O2. The van der Waals surface area contributed by atoms with E-state index in [0.717, 1.165) is 32.5 Å². The van der Waals surface area contributed by atoms with E-state index >= 15 is 0 Å². The quantitative estimate of drug-likeness (QED) is 0.706. The van der Waals surface area contributed by atoms with Crippen molar-refractivity contribution in [1.29, 1.82) is 0 Å². The maximum Gasteiger partial charge on any atom is 0.358 e. The lowest BCUT2D eigenvalue weighted by atomic mass is 9.80. The fraction of sp³-hybridized carbons (Fsp3) is 0.667. The summed E-state index contributed by atoms with van der Waals surface area (Å²) < 4.78 is 0. The van der Waals surface area contributed by atoms with Gasteiger partial charge in [0.25, 0.3) is 0 Å². The molecule has 2 aliphatic heterocycles. The Balaban J connectivity index is 2.05. The molecule has 0 radical (unpaired) electrons. The maximum atomic E-state index is 11.0. The van der Waals surface area contributed by atoms with E-state index in [2.05, 4.69) is 20.3 Å². The van der Waals surface area contributed by atoms with E-state index < -0.39 is 5.97 Å². The number of H-pyrrole nitrogens is 1. The molecule has 2 fully saturated rings. The number of carboxylic acids is 1. The second-order valence-corrected chi connectivity index (χ2v) is 4.38. The number of aromatic carboxylic acids is 1. The predicted octanol–water partition coefficient (Wildman–Crippen LogP) is -0.150. The van der Waals surface area contributed by atoms with Gasteiger partial charge in [-0.3, -0.25) is 0 Å². The Morgan fingerprint density at radius 1 is 1.40 bits per heavy atom. The summed E-state index contributed by atoms with van der Waals surface area (Å²) in [6.07, 6.45) is 2.00. The summed E-state index contributed by atoms with van der Waals surface area (Å²) in [5.74, 6) is -0.988. The van der Waals surface area contributed by atoms with Gasteiger partial charge < -0.3 is 10.0 Å². The van der Waals surface area contributed by atoms with Gasteiger partial charge in [0.2, 0.25) is 0 Å². The minimum absolute atomic E-state index is 0.0548. The summed E-state index contributed by atoms with van der Waals surface area (Å²) in [5.41, 5.74) is 0.689. The Labute approximate surface area is 86.3 Å². The number of hydrogen-bond donors (Lipinski definition) is 2. The van der Waals surface area contributed by atoms with Crippen molar-refractivity contribution in [2.45, 2.75) is 18.3 Å². The fourth-order valence-corrected chi connectivity index (χ4v) is 2.79. The topological polar surface area (TPSA) is 82.1 Å². The zero-order valence-electron chi connectivity index (χ0n) is 8.23. The standard InChI is InChI=1S/C9H12N4O2/c14-8(15)6-7(11-12-10-6)9-1-3-13(5-9)4-2-9/h1-5H2,(H,14,15)(H,10,11,12). The van der Waals surface area contributed by atoms with Gasteiger partial charge in [0, 0.05) is 12.0 Å². The average molecular weight is 208 g/mol. The van der Waals surface area contributed by atoms with Crippen LogP contribution in [0.5, 0.6) is 0 Å². The van der Waals surface area contributed by atoms with Crippen molar-refractivity contribution in [2.75, 3.05) is 19.6 Å². The summed E-state index contributed by atoms with van der Waals surface area (Å²) in [6.45, 7) is 3.03. The molecular weight excluding hydrogens is 196 g/mol. The molecule has 6 heteroatoms. The summed E-state index contributed by atoms with van der Waals surface area (Å²) in [7, 11) is 0. The van der Waals surface area contributed by atoms with E-state index in [0.29, 0.717) is 5.69 Å². The van der Waals surface area contributed by atoms with Crippen molar-refractivity contribution >= 4 is 5.97 Å². The van der Waals surface area contributed by atoms with Crippen LogP contribution >= 0.6 is 0 Å². The lowest BCUT2D eigenvalue weighted by Crippen LogP contribution is -2.27. The van der Waals surface area contributed by atoms with Crippen molar-refractivity contribution in [3.05, 3.63) is 11.4 Å². The van der Waals surface area contributed by atoms with Crippen molar-refractivity contribution < 1.29 is 9.90 Å². The number of aromatic amines is 1. The lowest BCUT2D eigenvalue weighted by Gasteiger charge is -2.22. The van der Waals surface area contributed by atoms with Crippen LogP contribution in [0.2, 0.25) is 0 Å². The highest BCUT2D eigenvalue weighted by Gasteiger charge is 2.48. The molecule has 1 aromatic heterocycles. The largest absolute Gasteiger partial charge is 0.476 e. The first-order valence-electron chi connectivity index (χ1n) is 5.08. The summed E-state index contributed by atoms with van der Waals surface area (Å²) in [5, 5.41) is 19.2. The summed E-state index contributed by atoms with van der Waals surface area (Å²) in [6, 6.07) is 0. The monoisotopic (exact) mass is 208 g/mol. The highest BCUT2D eigenvalue weighted by Crippen LogP contribution is 2.42. The van der Waals surface area contributed by atoms with Crippen LogP contribution in [-0.2, 0) is 5.41 Å². The second kappa shape index (κ2) is 2.79. The third-order valence-corrected chi connectivity index (χ3v) is 3.59. The number of rotatable bonds is 2. The number of fused-ring (bicyclic) bond motifs is 2. The molecule has 0 saturated carbocycles. The number of carboxylic acid groups (broad SMARTS) is 1. The minimum atomic E-state index is -0.988. The zero-order valence-corrected chi connectivity index (χ0v) is 8.23. The number of aromatic nitrogens is 3. The normalized spacial score (nSPS) is 33.5. The molecule has 15 heavy (non-hydrogen) atoms. The van der Waals surface area contributed by atoms with Crippen molar-refractivity contribution in [1.82, 2.24) is 20.3 Å². The fourth-order valence-electron chi connectivity index (χ4n) is 2.79. The molecule has 1 aromatic rings. The van der Waals surface area contributed by atoms with E-state index in [9.17, 15) is 4.79 Å². The van der Waals surface area contributed by atoms with Crippen LogP contribution in [-0.4, -0.2) is 51.0 Å². The molecule has 0 spiro atoms. The molecule has 6 nitrogen and oxygen atoms in total. The molecule has 2 N–H and O–H groups in total. The number of carbonyl (C=O) groups is 1. The lowest BCUT2D eigenvalue weighted by molar-refractivity contribution is 0.0687. The van der Waals surface area contributed by atoms with Crippen LogP contribution in [0.4, 0.5) is 0 Å². The molecule has 0 unspecified atom stereocenters. The molecule has 0 atom stereocenters. The Bertz CT molecular complexity index is 406. The Morgan fingerprint density at radius 2 is 2.13 bits per heavy atom. The minimum Gasteiger partial charge on any atom is -0.476 e. The highest BCUT2D eigenvalue weighted by molar-refractivity contribution is 5.86. The van der Waals surface area contributed by atoms with Crippen molar-refractivity contribution in [3.8, 4) is 0 Å². The second-order valence-electron chi connectivity index (χ2n) is 4.38. The van der Waals surface area contributed by atoms with Gasteiger partial charge in [-0.1, -0.05) is 0 Å².